The number of thioether (sulfide) groups is 1. The van der Waals surface area contributed by atoms with Crippen LogP contribution in [-0.4, -0.2) is 32.7 Å². The molecule has 1 aliphatic rings. The second kappa shape index (κ2) is 6.97. The molecule has 1 fully saturated rings. The molecule has 1 amide bonds. The van der Waals surface area contributed by atoms with Crippen LogP contribution in [0.1, 0.15) is 18.4 Å². The van der Waals surface area contributed by atoms with Crippen molar-refractivity contribution in [1.82, 2.24) is 4.90 Å². The van der Waals surface area contributed by atoms with Gasteiger partial charge in [-0.25, -0.2) is 8.78 Å². The van der Waals surface area contributed by atoms with Crippen LogP contribution in [0.4, 0.5) is 8.78 Å². The van der Waals surface area contributed by atoms with Crippen molar-refractivity contribution in [2.45, 2.75) is 12.8 Å². The van der Waals surface area contributed by atoms with Crippen LogP contribution in [0.2, 0.25) is 0 Å². The highest BCUT2D eigenvalue weighted by atomic mass is 32.2. The molecule has 1 N–H and O–H groups in total. The summed E-state index contributed by atoms with van der Waals surface area (Å²) < 4.78 is 26.6. The molecule has 1 aliphatic heterocycles. The third kappa shape index (κ3) is 4.11. The summed E-state index contributed by atoms with van der Waals surface area (Å²) in [7, 11) is 0. The zero-order valence-electron chi connectivity index (χ0n) is 11.2. The Hall–Kier alpha value is -1.80. The Kier molecular flexibility index (Phi) is 5.25. The number of aliphatic carboxylic acids is 1. The molecule has 1 heterocycles. The first kappa shape index (κ1) is 16.6. The first-order valence-electron chi connectivity index (χ1n) is 6.30. The minimum atomic E-state index is -0.948. The third-order valence-electron chi connectivity index (χ3n) is 2.83. The molecule has 8 heteroatoms. The Morgan fingerprint density at radius 1 is 1.32 bits per heavy atom. The van der Waals surface area contributed by atoms with E-state index in [4.69, 9.17) is 17.3 Å². The van der Waals surface area contributed by atoms with Crippen LogP contribution in [0.3, 0.4) is 0 Å². The van der Waals surface area contributed by atoms with Gasteiger partial charge in [-0.3, -0.25) is 14.5 Å². The van der Waals surface area contributed by atoms with Gasteiger partial charge in [-0.1, -0.05) is 24.0 Å². The van der Waals surface area contributed by atoms with Crippen molar-refractivity contribution in [2.75, 3.05) is 6.54 Å². The number of carbonyl (C=O) groups is 2. The fraction of sp³-hybridized carbons (Fsp3) is 0.214. The van der Waals surface area contributed by atoms with Gasteiger partial charge in [-0.2, -0.15) is 0 Å². The van der Waals surface area contributed by atoms with Crippen LogP contribution in [0, 0.1) is 11.6 Å². The summed E-state index contributed by atoms with van der Waals surface area (Å²) in [6.45, 7) is 0.200. The molecule has 0 unspecified atom stereocenters. The van der Waals surface area contributed by atoms with Crippen molar-refractivity contribution in [3.05, 3.63) is 40.3 Å². The Bertz CT molecular complexity index is 656. The van der Waals surface area contributed by atoms with E-state index in [0.29, 0.717) is 4.32 Å². The lowest BCUT2D eigenvalue weighted by Gasteiger charge is -2.13. The Morgan fingerprint density at radius 3 is 2.55 bits per heavy atom. The highest BCUT2D eigenvalue weighted by Crippen LogP contribution is 2.32. The summed E-state index contributed by atoms with van der Waals surface area (Å²) in [5.74, 6) is -2.80. The van der Waals surface area contributed by atoms with E-state index >= 15 is 0 Å². The van der Waals surface area contributed by atoms with Gasteiger partial charge in [0.15, 0.2) is 0 Å². The van der Waals surface area contributed by atoms with Crippen LogP contribution in [0.25, 0.3) is 6.08 Å². The van der Waals surface area contributed by atoms with Gasteiger partial charge < -0.3 is 5.11 Å². The van der Waals surface area contributed by atoms with Crippen molar-refractivity contribution in [3.63, 3.8) is 0 Å². The van der Waals surface area contributed by atoms with Crippen molar-refractivity contribution in [3.8, 4) is 0 Å². The summed E-state index contributed by atoms with van der Waals surface area (Å²) in [5.41, 5.74) is 0.225. The van der Waals surface area contributed by atoms with Crippen LogP contribution in [-0.2, 0) is 9.59 Å². The fourth-order valence-corrected chi connectivity index (χ4v) is 3.20. The van der Waals surface area contributed by atoms with Crippen molar-refractivity contribution < 1.29 is 23.5 Å². The monoisotopic (exact) mass is 343 g/mol. The van der Waals surface area contributed by atoms with Gasteiger partial charge in [0.05, 0.1) is 4.91 Å². The Morgan fingerprint density at radius 2 is 1.95 bits per heavy atom. The number of nitrogens with zero attached hydrogens (tertiary/aromatic N) is 1. The van der Waals surface area contributed by atoms with Crippen LogP contribution >= 0.6 is 24.0 Å². The fourth-order valence-electron chi connectivity index (χ4n) is 1.89. The zero-order chi connectivity index (χ0) is 16.3. The second-order valence-corrected chi connectivity index (χ2v) is 6.21. The lowest BCUT2D eigenvalue weighted by atomic mass is 10.2. The summed E-state index contributed by atoms with van der Waals surface area (Å²) in [5, 5.41) is 8.59. The van der Waals surface area contributed by atoms with E-state index in [1.165, 1.54) is 11.0 Å². The SMILES string of the molecule is O=C(O)CCCN1C(=O)/C(=C/c2cc(F)cc(F)c2)SC1=S. The first-order chi connectivity index (χ1) is 10.4. The molecule has 0 saturated carbocycles. The maximum Gasteiger partial charge on any atom is 0.303 e. The van der Waals surface area contributed by atoms with E-state index in [-0.39, 0.29) is 35.8 Å². The molecule has 1 saturated heterocycles. The Labute approximate surface area is 134 Å². The number of carboxylic acids is 1. The summed E-state index contributed by atoms with van der Waals surface area (Å²) in [4.78, 5) is 24.2. The summed E-state index contributed by atoms with van der Waals surface area (Å²) in [6, 6.07) is 2.97. The van der Waals surface area contributed by atoms with Crippen molar-refractivity contribution >= 4 is 46.3 Å². The Balaban J connectivity index is 2.13. The maximum absolute atomic E-state index is 13.1. The highest BCUT2D eigenvalue weighted by molar-refractivity contribution is 8.26. The van der Waals surface area contributed by atoms with Gasteiger partial charge in [0.25, 0.3) is 5.91 Å². The van der Waals surface area contributed by atoms with E-state index in [1.807, 2.05) is 0 Å². The molecule has 4 nitrogen and oxygen atoms in total. The summed E-state index contributed by atoms with van der Waals surface area (Å²) in [6.07, 6.45) is 1.58. The predicted octanol–water partition coefficient (Wildman–Crippen LogP) is 3.03. The quantitative estimate of drug-likeness (QED) is 0.658. The molecule has 116 valence electrons. The topological polar surface area (TPSA) is 57.6 Å². The second-order valence-electron chi connectivity index (χ2n) is 4.53. The van der Waals surface area contributed by atoms with E-state index in [9.17, 15) is 18.4 Å². The molecule has 0 bridgehead atoms. The number of hydrogen-bond donors (Lipinski definition) is 1. The molecular formula is C14H11F2NO3S2. The number of halogens is 2. The number of carboxylic acid groups (broad SMARTS) is 1. The molecule has 0 aromatic heterocycles. The average molecular weight is 343 g/mol. The maximum atomic E-state index is 13.1. The van der Waals surface area contributed by atoms with E-state index in [0.717, 1.165) is 30.0 Å². The van der Waals surface area contributed by atoms with Gasteiger partial charge in [-0.05, 0) is 30.2 Å². The number of amides is 1. The lowest BCUT2D eigenvalue weighted by molar-refractivity contribution is -0.137. The van der Waals surface area contributed by atoms with E-state index < -0.39 is 17.6 Å². The highest BCUT2D eigenvalue weighted by Gasteiger charge is 2.31. The third-order valence-corrected chi connectivity index (χ3v) is 4.21. The molecule has 2 rings (SSSR count). The molecule has 1 aromatic carbocycles. The smallest absolute Gasteiger partial charge is 0.303 e. The minimum Gasteiger partial charge on any atom is -0.481 e. The molecular weight excluding hydrogens is 332 g/mol. The average Bonchev–Trinajstić information content (AvgIpc) is 2.64. The van der Waals surface area contributed by atoms with Gasteiger partial charge in [-0.15, -0.1) is 0 Å². The van der Waals surface area contributed by atoms with Gasteiger partial charge in [0.2, 0.25) is 0 Å². The number of benzene rings is 1. The molecule has 0 atom stereocenters. The normalized spacial score (nSPS) is 16.6. The van der Waals surface area contributed by atoms with Crippen LogP contribution in [0.5, 0.6) is 0 Å². The molecule has 0 radical (unpaired) electrons. The largest absolute Gasteiger partial charge is 0.481 e. The van der Waals surface area contributed by atoms with Crippen LogP contribution in [0.15, 0.2) is 23.1 Å². The van der Waals surface area contributed by atoms with E-state index in [1.54, 1.807) is 0 Å². The lowest BCUT2D eigenvalue weighted by Crippen LogP contribution is -2.29. The van der Waals surface area contributed by atoms with Gasteiger partial charge in [0.1, 0.15) is 16.0 Å². The number of carbonyl (C=O) groups excluding carboxylic acids is 1. The predicted molar refractivity (Wildman–Crippen MR) is 83.1 cm³/mol. The molecule has 1 aromatic rings. The minimum absolute atomic E-state index is 0.0643. The van der Waals surface area contributed by atoms with Crippen molar-refractivity contribution in [1.29, 1.82) is 0 Å². The molecule has 22 heavy (non-hydrogen) atoms. The summed E-state index contributed by atoms with van der Waals surface area (Å²) >= 11 is 6.10. The standard InChI is InChI=1S/C14H11F2NO3S2/c15-9-4-8(5-10(16)7-9)6-11-13(20)17(14(21)22-11)3-1-2-12(18)19/h4-7H,1-3H2,(H,18,19)/b11-6-. The molecule has 0 spiro atoms. The van der Waals surface area contributed by atoms with Gasteiger partial charge >= 0.3 is 5.97 Å². The first-order valence-corrected chi connectivity index (χ1v) is 7.52. The molecule has 0 aliphatic carbocycles. The number of rotatable bonds is 5. The van der Waals surface area contributed by atoms with Crippen LogP contribution < -0.4 is 0 Å². The van der Waals surface area contributed by atoms with Gasteiger partial charge in [0, 0.05) is 19.0 Å². The number of thiocarbonyl (C=S) groups is 1. The zero-order valence-corrected chi connectivity index (χ0v) is 12.8. The number of hydrogen-bond acceptors (Lipinski definition) is 4. The van der Waals surface area contributed by atoms with Crippen molar-refractivity contribution in [2.24, 2.45) is 0 Å². The van der Waals surface area contributed by atoms with E-state index in [2.05, 4.69) is 0 Å².